The molecule has 0 aliphatic carbocycles. The molecular weight excluding hydrogens is 326 g/mol. The summed E-state index contributed by atoms with van der Waals surface area (Å²) in [4.78, 5) is 26.9. The fourth-order valence-corrected chi connectivity index (χ4v) is 2.89. The van der Waals surface area contributed by atoms with E-state index in [2.05, 4.69) is 5.32 Å². The van der Waals surface area contributed by atoms with Crippen molar-refractivity contribution >= 4 is 29.0 Å². The molecular formula is C18H28ClN3O2+2. The van der Waals surface area contributed by atoms with Crippen molar-refractivity contribution < 1.29 is 19.4 Å². The first-order valence-corrected chi connectivity index (χ1v) is 8.87. The fourth-order valence-electron chi connectivity index (χ4n) is 2.77. The highest BCUT2D eigenvalue weighted by molar-refractivity contribution is 6.30. The molecule has 1 aromatic rings. The molecule has 132 valence electrons. The minimum absolute atomic E-state index is 0.0153. The van der Waals surface area contributed by atoms with Gasteiger partial charge in [0, 0.05) is 16.1 Å². The van der Waals surface area contributed by atoms with E-state index in [0.29, 0.717) is 23.9 Å². The molecule has 0 aromatic heterocycles. The Bertz CT molecular complexity index is 573. The van der Waals surface area contributed by atoms with E-state index < -0.39 is 0 Å². The van der Waals surface area contributed by atoms with Crippen molar-refractivity contribution in [3.8, 4) is 0 Å². The van der Waals surface area contributed by atoms with Crippen LogP contribution in [0.15, 0.2) is 24.3 Å². The number of ketones is 1. The maximum absolute atomic E-state index is 12.1. The van der Waals surface area contributed by atoms with E-state index in [1.165, 1.54) is 9.80 Å². The van der Waals surface area contributed by atoms with E-state index in [1.54, 1.807) is 24.3 Å². The number of benzene rings is 1. The third-order valence-corrected chi connectivity index (χ3v) is 4.70. The van der Waals surface area contributed by atoms with E-state index in [0.717, 1.165) is 31.9 Å². The Morgan fingerprint density at radius 3 is 2.00 bits per heavy atom. The Morgan fingerprint density at radius 2 is 1.50 bits per heavy atom. The molecule has 0 atom stereocenters. The fraction of sp³-hybridized carbons (Fsp3) is 0.556. The van der Waals surface area contributed by atoms with Gasteiger partial charge < -0.3 is 15.1 Å². The molecule has 2 rings (SSSR count). The van der Waals surface area contributed by atoms with Crippen LogP contribution in [0.3, 0.4) is 0 Å². The second kappa shape index (κ2) is 8.10. The summed E-state index contributed by atoms with van der Waals surface area (Å²) in [7, 11) is 0. The van der Waals surface area contributed by atoms with Gasteiger partial charge in [0.1, 0.15) is 32.7 Å². The number of hydrogen-bond donors (Lipinski definition) is 3. The lowest BCUT2D eigenvalue weighted by molar-refractivity contribution is -1.00. The molecule has 1 amide bonds. The van der Waals surface area contributed by atoms with Crippen molar-refractivity contribution in [2.75, 3.05) is 44.6 Å². The number of quaternary nitrogens is 2. The molecule has 1 aliphatic rings. The highest BCUT2D eigenvalue weighted by atomic mass is 35.5. The average Bonchev–Trinajstić information content (AvgIpc) is 2.50. The summed E-state index contributed by atoms with van der Waals surface area (Å²) in [6, 6.07) is 7.13. The molecule has 0 spiro atoms. The van der Waals surface area contributed by atoms with Gasteiger partial charge in [-0.2, -0.15) is 0 Å². The maximum atomic E-state index is 12.1. The van der Waals surface area contributed by atoms with Gasteiger partial charge in [0.15, 0.2) is 12.3 Å². The summed E-state index contributed by atoms with van der Waals surface area (Å²) in [6.07, 6.45) is 0. The standard InChI is InChI=1S/C18H26ClN3O2/c1-18(2,3)16(23)12-21-8-10-22(11-9-21)13-17(24)20-15-6-4-14(19)5-7-15/h4-7H,8-13H2,1-3H3,(H,20,24)/p+2. The summed E-state index contributed by atoms with van der Waals surface area (Å²) in [5, 5.41) is 3.56. The van der Waals surface area contributed by atoms with Crippen molar-refractivity contribution in [1.29, 1.82) is 0 Å². The van der Waals surface area contributed by atoms with E-state index >= 15 is 0 Å². The molecule has 0 radical (unpaired) electrons. The molecule has 0 saturated carbocycles. The van der Waals surface area contributed by atoms with Crippen LogP contribution in [0.5, 0.6) is 0 Å². The van der Waals surface area contributed by atoms with Crippen LogP contribution in [-0.4, -0.2) is 51.0 Å². The zero-order valence-electron chi connectivity index (χ0n) is 14.7. The van der Waals surface area contributed by atoms with E-state index in [9.17, 15) is 9.59 Å². The van der Waals surface area contributed by atoms with Gasteiger partial charge in [-0.3, -0.25) is 9.59 Å². The molecule has 1 fully saturated rings. The Labute approximate surface area is 149 Å². The molecule has 0 bridgehead atoms. The summed E-state index contributed by atoms with van der Waals surface area (Å²) in [6.45, 7) is 10.7. The topological polar surface area (TPSA) is 55.1 Å². The van der Waals surface area contributed by atoms with E-state index in [4.69, 9.17) is 11.6 Å². The first-order chi connectivity index (χ1) is 11.2. The molecule has 3 N–H and O–H groups in total. The highest BCUT2D eigenvalue weighted by Crippen LogP contribution is 2.13. The van der Waals surface area contributed by atoms with Crippen molar-refractivity contribution in [1.82, 2.24) is 0 Å². The van der Waals surface area contributed by atoms with Crippen LogP contribution in [0.25, 0.3) is 0 Å². The van der Waals surface area contributed by atoms with Crippen LogP contribution < -0.4 is 15.1 Å². The first kappa shape index (κ1) is 18.9. The van der Waals surface area contributed by atoms with Crippen molar-refractivity contribution in [3.05, 3.63) is 29.3 Å². The molecule has 5 nitrogen and oxygen atoms in total. The van der Waals surface area contributed by atoms with Crippen LogP contribution in [0.1, 0.15) is 20.8 Å². The summed E-state index contributed by atoms with van der Waals surface area (Å²) in [5.74, 6) is 0.322. The van der Waals surface area contributed by atoms with E-state index in [1.807, 2.05) is 20.8 Å². The number of anilines is 1. The smallest absolute Gasteiger partial charge is 0.279 e. The first-order valence-electron chi connectivity index (χ1n) is 8.50. The number of piperazine rings is 1. The third-order valence-electron chi connectivity index (χ3n) is 4.45. The molecule has 1 aliphatic heterocycles. The monoisotopic (exact) mass is 353 g/mol. The third kappa shape index (κ3) is 5.89. The molecule has 0 unspecified atom stereocenters. The zero-order chi connectivity index (χ0) is 17.7. The van der Waals surface area contributed by atoms with Gasteiger partial charge in [-0.25, -0.2) is 0 Å². The van der Waals surface area contributed by atoms with Crippen LogP contribution in [0.2, 0.25) is 5.02 Å². The molecule has 6 heteroatoms. The Morgan fingerprint density at radius 1 is 1.00 bits per heavy atom. The minimum atomic E-state index is -0.268. The lowest BCUT2D eigenvalue weighted by atomic mass is 9.90. The van der Waals surface area contributed by atoms with Gasteiger partial charge in [0.05, 0.1) is 0 Å². The van der Waals surface area contributed by atoms with Gasteiger partial charge >= 0.3 is 0 Å². The van der Waals surface area contributed by atoms with Crippen LogP contribution in [0, 0.1) is 5.41 Å². The number of rotatable bonds is 5. The van der Waals surface area contributed by atoms with Gasteiger partial charge in [0.25, 0.3) is 5.91 Å². The van der Waals surface area contributed by atoms with Gasteiger partial charge in [-0.1, -0.05) is 32.4 Å². The van der Waals surface area contributed by atoms with E-state index in [-0.39, 0.29) is 11.3 Å². The average molecular weight is 354 g/mol. The highest BCUT2D eigenvalue weighted by Gasteiger charge is 2.30. The number of nitrogens with one attached hydrogen (secondary N) is 3. The van der Waals surface area contributed by atoms with Crippen LogP contribution in [0.4, 0.5) is 5.69 Å². The molecule has 24 heavy (non-hydrogen) atoms. The second-order valence-electron chi connectivity index (χ2n) is 7.58. The SMILES string of the molecule is CC(C)(C)C(=O)C[NH+]1CC[NH+](CC(=O)Nc2ccc(Cl)cc2)CC1. The molecule has 1 heterocycles. The molecule has 1 saturated heterocycles. The quantitative estimate of drug-likeness (QED) is 0.679. The zero-order valence-corrected chi connectivity index (χ0v) is 15.5. The Hall–Kier alpha value is -1.43. The van der Waals surface area contributed by atoms with Crippen molar-refractivity contribution in [2.45, 2.75) is 20.8 Å². The lowest BCUT2D eigenvalue weighted by Gasteiger charge is -2.30. The van der Waals surface area contributed by atoms with Crippen molar-refractivity contribution in [2.24, 2.45) is 5.41 Å². The van der Waals surface area contributed by atoms with Crippen LogP contribution >= 0.6 is 11.6 Å². The molecule has 1 aromatic carbocycles. The summed E-state index contributed by atoms with van der Waals surface area (Å²) >= 11 is 5.84. The van der Waals surface area contributed by atoms with Gasteiger partial charge in [0.2, 0.25) is 0 Å². The second-order valence-corrected chi connectivity index (χ2v) is 8.02. The number of amides is 1. The number of halogens is 1. The maximum Gasteiger partial charge on any atom is 0.279 e. The summed E-state index contributed by atoms with van der Waals surface area (Å²) < 4.78 is 0. The van der Waals surface area contributed by atoms with Crippen molar-refractivity contribution in [3.63, 3.8) is 0 Å². The predicted molar refractivity (Wildman–Crippen MR) is 95.7 cm³/mol. The minimum Gasteiger partial charge on any atom is -0.321 e. The van der Waals surface area contributed by atoms with Gasteiger partial charge in [-0.15, -0.1) is 0 Å². The number of carbonyl (C=O) groups is 2. The van der Waals surface area contributed by atoms with Gasteiger partial charge in [-0.05, 0) is 24.3 Å². The van der Waals surface area contributed by atoms with Crippen LogP contribution in [-0.2, 0) is 9.59 Å². The lowest BCUT2D eigenvalue weighted by Crippen LogP contribution is -3.28. The Kier molecular flexibility index (Phi) is 6.38. The largest absolute Gasteiger partial charge is 0.321 e. The number of Topliss-reactive ketones (excluding diaryl/α,β-unsaturated/α-hetero) is 1. The predicted octanol–water partition coefficient (Wildman–Crippen LogP) is -0.323. The summed E-state index contributed by atoms with van der Waals surface area (Å²) in [5.41, 5.74) is 0.499. The number of carbonyl (C=O) groups excluding carboxylic acids is 2. The number of hydrogen-bond acceptors (Lipinski definition) is 2. The Balaban J connectivity index is 1.73. The normalized spacial score (nSPS) is 21.3.